The molecule has 0 atom stereocenters. The highest BCUT2D eigenvalue weighted by molar-refractivity contribution is 6.06. The Morgan fingerprint density at radius 1 is 1.40 bits per heavy atom. The number of anilines is 1. The summed E-state index contributed by atoms with van der Waals surface area (Å²) in [6.45, 7) is 5.31. The SMILES string of the molecule is Cc1noc(C)c1C(=O)Nc1cccc2c1CCNC2. The maximum absolute atomic E-state index is 12.4. The first kappa shape index (κ1) is 12.9. The van der Waals surface area contributed by atoms with Crippen molar-refractivity contribution in [2.24, 2.45) is 0 Å². The Balaban J connectivity index is 1.90. The molecule has 1 aromatic carbocycles. The standard InChI is InChI=1S/C15H17N3O2/c1-9-14(10(2)20-18-9)15(19)17-13-5-3-4-11-8-16-7-6-12(11)13/h3-5,16H,6-8H2,1-2H3,(H,17,19). The van der Waals surface area contributed by atoms with Crippen LogP contribution in [-0.2, 0) is 13.0 Å². The van der Waals surface area contributed by atoms with Gasteiger partial charge in [0.2, 0.25) is 0 Å². The van der Waals surface area contributed by atoms with Crippen molar-refractivity contribution >= 4 is 11.6 Å². The van der Waals surface area contributed by atoms with Gasteiger partial charge in [-0.3, -0.25) is 4.79 Å². The quantitative estimate of drug-likeness (QED) is 0.878. The van der Waals surface area contributed by atoms with Gasteiger partial charge in [-0.15, -0.1) is 0 Å². The van der Waals surface area contributed by atoms with Crippen LogP contribution in [0.25, 0.3) is 0 Å². The summed E-state index contributed by atoms with van der Waals surface area (Å²) < 4.78 is 5.05. The van der Waals surface area contributed by atoms with Crippen LogP contribution in [0.3, 0.4) is 0 Å². The van der Waals surface area contributed by atoms with Crippen LogP contribution >= 0.6 is 0 Å². The van der Waals surface area contributed by atoms with Gasteiger partial charge in [0.1, 0.15) is 11.3 Å². The predicted octanol–water partition coefficient (Wildman–Crippen LogP) is 2.19. The highest BCUT2D eigenvalue weighted by Gasteiger charge is 2.20. The van der Waals surface area contributed by atoms with Crippen LogP contribution in [0.1, 0.15) is 32.9 Å². The van der Waals surface area contributed by atoms with E-state index in [4.69, 9.17) is 4.52 Å². The van der Waals surface area contributed by atoms with Crippen molar-refractivity contribution in [1.29, 1.82) is 0 Å². The van der Waals surface area contributed by atoms with Crippen LogP contribution in [-0.4, -0.2) is 17.6 Å². The lowest BCUT2D eigenvalue weighted by Crippen LogP contribution is -2.25. The first-order valence-corrected chi connectivity index (χ1v) is 6.72. The van der Waals surface area contributed by atoms with Gasteiger partial charge in [0.25, 0.3) is 5.91 Å². The summed E-state index contributed by atoms with van der Waals surface area (Å²) in [4.78, 5) is 12.4. The van der Waals surface area contributed by atoms with Crippen molar-refractivity contribution in [3.05, 3.63) is 46.3 Å². The second-order valence-corrected chi connectivity index (χ2v) is 5.02. The number of aryl methyl sites for hydroxylation is 2. The molecule has 1 aromatic heterocycles. The molecule has 0 saturated heterocycles. The topological polar surface area (TPSA) is 67.2 Å². The molecule has 1 aliphatic rings. The van der Waals surface area contributed by atoms with Crippen molar-refractivity contribution in [2.75, 3.05) is 11.9 Å². The number of hydrogen-bond donors (Lipinski definition) is 2. The van der Waals surface area contributed by atoms with Gasteiger partial charge in [-0.05, 0) is 44.0 Å². The van der Waals surface area contributed by atoms with Crippen LogP contribution in [0.2, 0.25) is 0 Å². The Kier molecular flexibility index (Phi) is 3.28. The Hall–Kier alpha value is -2.14. The molecule has 0 saturated carbocycles. The summed E-state index contributed by atoms with van der Waals surface area (Å²) in [5, 5.41) is 10.1. The summed E-state index contributed by atoms with van der Waals surface area (Å²) in [5.74, 6) is 0.389. The summed E-state index contributed by atoms with van der Waals surface area (Å²) in [6, 6.07) is 6.00. The van der Waals surface area contributed by atoms with Gasteiger partial charge in [-0.25, -0.2) is 0 Å². The molecule has 2 aromatic rings. The van der Waals surface area contributed by atoms with Crippen LogP contribution < -0.4 is 10.6 Å². The fourth-order valence-corrected chi connectivity index (χ4v) is 2.64. The molecule has 3 rings (SSSR count). The van der Waals surface area contributed by atoms with E-state index < -0.39 is 0 Å². The number of nitrogens with one attached hydrogen (secondary N) is 2. The lowest BCUT2D eigenvalue weighted by atomic mass is 9.99. The average molecular weight is 271 g/mol. The molecule has 5 nitrogen and oxygen atoms in total. The van der Waals surface area contributed by atoms with Gasteiger partial charge < -0.3 is 15.2 Å². The van der Waals surface area contributed by atoms with Crippen molar-refractivity contribution < 1.29 is 9.32 Å². The third-order valence-electron chi connectivity index (χ3n) is 3.65. The van der Waals surface area contributed by atoms with E-state index in [2.05, 4.69) is 21.9 Å². The largest absolute Gasteiger partial charge is 0.361 e. The summed E-state index contributed by atoms with van der Waals surface area (Å²) >= 11 is 0. The molecule has 104 valence electrons. The number of carbonyl (C=O) groups excluding carboxylic acids is 1. The van der Waals surface area contributed by atoms with Crippen molar-refractivity contribution in [1.82, 2.24) is 10.5 Å². The Morgan fingerprint density at radius 2 is 2.25 bits per heavy atom. The van der Waals surface area contributed by atoms with Gasteiger partial charge in [-0.1, -0.05) is 17.3 Å². The molecule has 1 aliphatic heterocycles. The molecular formula is C15H17N3O2. The predicted molar refractivity (Wildman–Crippen MR) is 75.8 cm³/mol. The number of fused-ring (bicyclic) bond motifs is 1. The van der Waals surface area contributed by atoms with Crippen molar-refractivity contribution in [3.63, 3.8) is 0 Å². The lowest BCUT2D eigenvalue weighted by Gasteiger charge is -2.20. The van der Waals surface area contributed by atoms with Crippen LogP contribution in [0, 0.1) is 13.8 Å². The van der Waals surface area contributed by atoms with E-state index in [1.54, 1.807) is 13.8 Å². The van der Waals surface area contributed by atoms with Crippen LogP contribution in [0.15, 0.2) is 22.7 Å². The van der Waals surface area contributed by atoms with E-state index in [1.807, 2.05) is 12.1 Å². The minimum absolute atomic E-state index is 0.159. The van der Waals surface area contributed by atoms with E-state index in [-0.39, 0.29) is 5.91 Å². The fourth-order valence-electron chi connectivity index (χ4n) is 2.64. The monoisotopic (exact) mass is 271 g/mol. The highest BCUT2D eigenvalue weighted by Crippen LogP contribution is 2.24. The molecule has 1 amide bonds. The first-order chi connectivity index (χ1) is 9.66. The summed E-state index contributed by atoms with van der Waals surface area (Å²) in [5.41, 5.74) is 4.48. The molecular weight excluding hydrogens is 254 g/mol. The molecule has 0 bridgehead atoms. The maximum Gasteiger partial charge on any atom is 0.261 e. The van der Waals surface area contributed by atoms with E-state index in [0.29, 0.717) is 17.0 Å². The first-order valence-electron chi connectivity index (χ1n) is 6.72. The van der Waals surface area contributed by atoms with Crippen LogP contribution in [0.5, 0.6) is 0 Å². The third-order valence-corrected chi connectivity index (χ3v) is 3.65. The smallest absolute Gasteiger partial charge is 0.261 e. The minimum Gasteiger partial charge on any atom is -0.361 e. The highest BCUT2D eigenvalue weighted by atomic mass is 16.5. The second-order valence-electron chi connectivity index (χ2n) is 5.02. The number of carbonyl (C=O) groups is 1. The molecule has 2 heterocycles. The maximum atomic E-state index is 12.4. The van der Waals surface area contributed by atoms with Gasteiger partial charge in [0.05, 0.1) is 5.69 Å². The normalized spacial score (nSPS) is 13.9. The van der Waals surface area contributed by atoms with Gasteiger partial charge in [0, 0.05) is 12.2 Å². The zero-order chi connectivity index (χ0) is 14.1. The van der Waals surface area contributed by atoms with Crippen molar-refractivity contribution in [2.45, 2.75) is 26.8 Å². The summed E-state index contributed by atoms with van der Waals surface area (Å²) in [6.07, 6.45) is 0.924. The minimum atomic E-state index is -0.159. The number of benzene rings is 1. The molecule has 20 heavy (non-hydrogen) atoms. The second kappa shape index (κ2) is 5.09. The molecule has 0 spiro atoms. The van der Waals surface area contributed by atoms with Gasteiger partial charge in [-0.2, -0.15) is 0 Å². The average Bonchev–Trinajstić information content (AvgIpc) is 2.78. The Morgan fingerprint density at radius 3 is 3.00 bits per heavy atom. The molecule has 0 radical (unpaired) electrons. The molecule has 5 heteroatoms. The van der Waals surface area contributed by atoms with E-state index in [0.717, 1.165) is 25.2 Å². The number of amides is 1. The number of hydrogen-bond acceptors (Lipinski definition) is 4. The lowest BCUT2D eigenvalue weighted by molar-refractivity contribution is 0.102. The molecule has 0 unspecified atom stereocenters. The van der Waals surface area contributed by atoms with E-state index in [1.165, 1.54) is 11.1 Å². The van der Waals surface area contributed by atoms with Gasteiger partial charge >= 0.3 is 0 Å². The number of nitrogens with zero attached hydrogens (tertiary/aromatic N) is 1. The van der Waals surface area contributed by atoms with E-state index >= 15 is 0 Å². The number of rotatable bonds is 2. The number of aromatic nitrogens is 1. The van der Waals surface area contributed by atoms with Gasteiger partial charge in [0.15, 0.2) is 0 Å². The third kappa shape index (κ3) is 2.20. The Labute approximate surface area is 117 Å². The van der Waals surface area contributed by atoms with Crippen molar-refractivity contribution in [3.8, 4) is 0 Å². The molecule has 2 N–H and O–H groups in total. The van der Waals surface area contributed by atoms with Crippen LogP contribution in [0.4, 0.5) is 5.69 Å². The molecule has 0 fully saturated rings. The zero-order valence-electron chi connectivity index (χ0n) is 11.6. The van der Waals surface area contributed by atoms with E-state index in [9.17, 15) is 4.79 Å². The molecule has 0 aliphatic carbocycles. The zero-order valence-corrected chi connectivity index (χ0v) is 11.6. The summed E-state index contributed by atoms with van der Waals surface area (Å²) in [7, 11) is 0. The Bertz CT molecular complexity index is 642. The fraction of sp³-hybridized carbons (Fsp3) is 0.333.